The molecule has 2 saturated heterocycles. The van der Waals surface area contributed by atoms with Crippen LogP contribution < -0.4 is 5.73 Å². The van der Waals surface area contributed by atoms with E-state index in [-0.39, 0.29) is 21.6 Å². The van der Waals surface area contributed by atoms with E-state index < -0.39 is 9.84 Å². The van der Waals surface area contributed by atoms with E-state index in [2.05, 4.69) is 14.8 Å². The van der Waals surface area contributed by atoms with E-state index in [9.17, 15) is 13.2 Å². The fraction of sp³-hybridized carbons (Fsp3) is 0.379. The Labute approximate surface area is 245 Å². The molecule has 11 heteroatoms. The second kappa shape index (κ2) is 12.4. The van der Waals surface area contributed by atoms with Crippen LogP contribution >= 0.6 is 23.2 Å². The molecule has 5 rings (SSSR count). The molecule has 0 unspecified atom stereocenters. The predicted molar refractivity (Wildman–Crippen MR) is 157 cm³/mol. The zero-order valence-corrected chi connectivity index (χ0v) is 24.5. The number of nitrogen functional groups attached to an aromatic ring is 1. The van der Waals surface area contributed by atoms with Crippen molar-refractivity contribution in [1.82, 2.24) is 19.7 Å². The minimum atomic E-state index is -3.77. The molecule has 1 amide bonds. The SMILES string of the molecule is Nc1cc(CN2CCC(C(=O)N3CCN(Cc4ccc(Cl)cc4S(=O)(=O)c4ccc(Cl)cc4)CC3)CC2)ccn1. The minimum Gasteiger partial charge on any atom is -0.384 e. The van der Waals surface area contributed by atoms with Gasteiger partial charge < -0.3 is 10.6 Å². The van der Waals surface area contributed by atoms with Crippen LogP contribution in [0.25, 0.3) is 0 Å². The number of sulfone groups is 1. The molecule has 2 fully saturated rings. The molecule has 0 spiro atoms. The third-order valence-corrected chi connectivity index (χ3v) is 10.0. The number of nitrogens with zero attached hydrogens (tertiary/aromatic N) is 4. The van der Waals surface area contributed by atoms with Crippen LogP contribution in [0.3, 0.4) is 0 Å². The fourth-order valence-electron chi connectivity index (χ4n) is 5.46. The van der Waals surface area contributed by atoms with E-state index in [0.29, 0.717) is 54.2 Å². The molecular weight excluding hydrogens is 569 g/mol. The molecule has 40 heavy (non-hydrogen) atoms. The molecular formula is C29H33Cl2N5O3S. The number of aromatic nitrogens is 1. The van der Waals surface area contributed by atoms with Gasteiger partial charge in [-0.15, -0.1) is 0 Å². The molecule has 3 heterocycles. The highest BCUT2D eigenvalue weighted by atomic mass is 35.5. The number of benzene rings is 2. The number of rotatable bonds is 7. The molecule has 1 aromatic heterocycles. The second-order valence-corrected chi connectivity index (χ2v) is 13.2. The van der Waals surface area contributed by atoms with Crippen molar-refractivity contribution in [3.63, 3.8) is 0 Å². The smallest absolute Gasteiger partial charge is 0.225 e. The average Bonchev–Trinajstić information content (AvgIpc) is 2.95. The van der Waals surface area contributed by atoms with Crippen molar-refractivity contribution in [3.05, 3.63) is 82.0 Å². The second-order valence-electron chi connectivity index (χ2n) is 10.5. The number of hydrogen-bond acceptors (Lipinski definition) is 7. The Morgan fingerprint density at radius 1 is 0.850 bits per heavy atom. The van der Waals surface area contributed by atoms with Gasteiger partial charge in [0.15, 0.2) is 0 Å². The number of piperidine rings is 1. The lowest BCUT2D eigenvalue weighted by Crippen LogP contribution is -2.51. The number of nitrogens with two attached hydrogens (primary N) is 1. The molecule has 0 saturated carbocycles. The third kappa shape index (κ3) is 6.78. The molecule has 8 nitrogen and oxygen atoms in total. The monoisotopic (exact) mass is 601 g/mol. The lowest BCUT2D eigenvalue weighted by atomic mass is 9.94. The summed E-state index contributed by atoms with van der Waals surface area (Å²) in [6, 6.07) is 15.0. The number of halogens is 2. The van der Waals surface area contributed by atoms with Crippen LogP contribution in [0, 0.1) is 5.92 Å². The molecule has 0 radical (unpaired) electrons. The van der Waals surface area contributed by atoms with E-state index in [4.69, 9.17) is 28.9 Å². The van der Waals surface area contributed by atoms with Crippen LogP contribution in [-0.4, -0.2) is 73.3 Å². The van der Waals surface area contributed by atoms with Crippen molar-refractivity contribution < 1.29 is 13.2 Å². The molecule has 0 aliphatic carbocycles. The molecule has 2 aromatic carbocycles. The summed E-state index contributed by atoms with van der Waals surface area (Å²) in [5, 5.41) is 0.835. The van der Waals surface area contributed by atoms with Crippen LogP contribution in [0.5, 0.6) is 0 Å². The van der Waals surface area contributed by atoms with Gasteiger partial charge in [-0.2, -0.15) is 0 Å². The Morgan fingerprint density at radius 2 is 1.50 bits per heavy atom. The van der Waals surface area contributed by atoms with Gasteiger partial charge in [0, 0.05) is 61.4 Å². The van der Waals surface area contributed by atoms with Gasteiger partial charge in [-0.1, -0.05) is 29.3 Å². The summed E-state index contributed by atoms with van der Waals surface area (Å²) in [5.74, 6) is 0.792. The van der Waals surface area contributed by atoms with E-state index in [1.165, 1.54) is 18.2 Å². The first-order valence-electron chi connectivity index (χ1n) is 13.4. The summed E-state index contributed by atoms with van der Waals surface area (Å²) in [5.41, 5.74) is 7.62. The van der Waals surface area contributed by atoms with Crippen LogP contribution in [0.2, 0.25) is 10.0 Å². The Hall–Kier alpha value is -2.69. The van der Waals surface area contributed by atoms with Crippen molar-refractivity contribution in [3.8, 4) is 0 Å². The average molecular weight is 603 g/mol. The zero-order valence-electron chi connectivity index (χ0n) is 22.2. The van der Waals surface area contributed by atoms with Crippen molar-refractivity contribution in [1.29, 1.82) is 0 Å². The number of amides is 1. The van der Waals surface area contributed by atoms with Crippen molar-refractivity contribution in [2.45, 2.75) is 35.7 Å². The maximum Gasteiger partial charge on any atom is 0.225 e. The number of carbonyl (C=O) groups excluding carboxylic acids is 1. The first-order chi connectivity index (χ1) is 19.2. The Morgan fingerprint density at radius 3 is 2.17 bits per heavy atom. The molecule has 0 atom stereocenters. The minimum absolute atomic E-state index is 0.0395. The molecule has 2 aliphatic heterocycles. The van der Waals surface area contributed by atoms with Gasteiger partial charge in [0.05, 0.1) is 9.79 Å². The van der Waals surface area contributed by atoms with Crippen LogP contribution in [0.4, 0.5) is 5.82 Å². The molecule has 3 aromatic rings. The van der Waals surface area contributed by atoms with Crippen LogP contribution in [-0.2, 0) is 27.7 Å². The summed E-state index contributed by atoms with van der Waals surface area (Å²) in [6.07, 6.45) is 3.42. The fourth-order valence-corrected chi connectivity index (χ4v) is 7.34. The van der Waals surface area contributed by atoms with Gasteiger partial charge in [0.1, 0.15) is 5.82 Å². The highest BCUT2D eigenvalue weighted by molar-refractivity contribution is 7.91. The van der Waals surface area contributed by atoms with E-state index in [0.717, 1.165) is 38.0 Å². The lowest BCUT2D eigenvalue weighted by Gasteiger charge is -2.38. The summed E-state index contributed by atoms with van der Waals surface area (Å²) in [6.45, 7) is 5.63. The summed E-state index contributed by atoms with van der Waals surface area (Å²) in [7, 11) is -3.77. The molecule has 2 aliphatic rings. The summed E-state index contributed by atoms with van der Waals surface area (Å²) < 4.78 is 26.9. The highest BCUT2D eigenvalue weighted by Gasteiger charge is 2.31. The predicted octanol–water partition coefficient (Wildman–Crippen LogP) is 4.36. The zero-order chi connectivity index (χ0) is 28.3. The quantitative estimate of drug-likeness (QED) is 0.429. The highest BCUT2D eigenvalue weighted by Crippen LogP contribution is 2.29. The summed E-state index contributed by atoms with van der Waals surface area (Å²) >= 11 is 12.2. The van der Waals surface area contributed by atoms with Crippen LogP contribution in [0.1, 0.15) is 24.0 Å². The Kier molecular flexibility index (Phi) is 8.97. The number of piperazine rings is 1. The first kappa shape index (κ1) is 28.8. The normalized spacial score (nSPS) is 17.7. The van der Waals surface area contributed by atoms with Gasteiger partial charge in [0.2, 0.25) is 15.7 Å². The number of anilines is 1. The largest absolute Gasteiger partial charge is 0.384 e. The number of pyridine rings is 1. The van der Waals surface area contributed by atoms with Crippen molar-refractivity contribution >= 4 is 44.8 Å². The van der Waals surface area contributed by atoms with E-state index in [1.807, 2.05) is 17.0 Å². The van der Waals surface area contributed by atoms with Gasteiger partial charge in [-0.05, 0) is 85.6 Å². The Balaban J connectivity index is 1.16. The maximum absolute atomic E-state index is 13.4. The van der Waals surface area contributed by atoms with Gasteiger partial charge in [-0.25, -0.2) is 13.4 Å². The van der Waals surface area contributed by atoms with Crippen molar-refractivity contribution in [2.75, 3.05) is 45.0 Å². The standard InChI is InChI=1S/C29H33Cl2N5O3S/c30-24-3-5-26(6-4-24)40(38,39)27-18-25(31)2-1-23(27)20-35-13-15-36(16-14-35)29(37)22-8-11-34(12-9-22)19-21-7-10-33-28(32)17-21/h1-7,10,17-18,22H,8-9,11-16,19-20H2,(H2,32,33). The number of carbonyl (C=O) groups is 1. The van der Waals surface area contributed by atoms with E-state index in [1.54, 1.807) is 30.5 Å². The van der Waals surface area contributed by atoms with Crippen LogP contribution in [0.15, 0.2) is 70.6 Å². The topological polar surface area (TPSA) is 99.8 Å². The van der Waals surface area contributed by atoms with Gasteiger partial charge in [0.25, 0.3) is 0 Å². The third-order valence-electron chi connectivity index (χ3n) is 7.71. The van der Waals surface area contributed by atoms with Crippen molar-refractivity contribution in [2.24, 2.45) is 5.92 Å². The number of likely N-dealkylation sites (tertiary alicyclic amines) is 1. The lowest BCUT2D eigenvalue weighted by molar-refractivity contribution is -0.139. The van der Waals surface area contributed by atoms with Gasteiger partial charge >= 0.3 is 0 Å². The molecule has 2 N–H and O–H groups in total. The maximum atomic E-state index is 13.4. The van der Waals surface area contributed by atoms with Gasteiger partial charge in [-0.3, -0.25) is 14.6 Å². The molecule has 0 bridgehead atoms. The molecule has 212 valence electrons. The first-order valence-corrected chi connectivity index (χ1v) is 15.7. The van der Waals surface area contributed by atoms with E-state index >= 15 is 0 Å². The number of hydrogen-bond donors (Lipinski definition) is 1. The Bertz CT molecular complexity index is 1450. The summed E-state index contributed by atoms with van der Waals surface area (Å²) in [4.78, 5) is 24.2.